The van der Waals surface area contributed by atoms with Crippen molar-refractivity contribution >= 4 is 34.9 Å². The Morgan fingerprint density at radius 2 is 1.87 bits per heavy atom. The molecule has 0 aliphatic carbocycles. The van der Waals surface area contributed by atoms with Gasteiger partial charge in [0.15, 0.2) is 0 Å². The van der Waals surface area contributed by atoms with Crippen LogP contribution in [0.1, 0.15) is 18.5 Å². The zero-order valence-electron chi connectivity index (χ0n) is 17.6. The SMILES string of the molecule is O=C(Nc1ccc(Cl)c(Cl)c1)N1CCN(C[C@@H]2CCCN(Cc3ccccn3)C2)CC1. The number of nitrogens with zero attached hydrogens (tertiary/aromatic N) is 4. The Labute approximate surface area is 194 Å². The van der Waals surface area contributed by atoms with Crippen LogP contribution in [0, 0.1) is 5.92 Å². The van der Waals surface area contributed by atoms with Crippen LogP contribution in [0.3, 0.4) is 0 Å². The van der Waals surface area contributed by atoms with Crippen LogP contribution in [0.15, 0.2) is 42.6 Å². The number of benzene rings is 1. The second-order valence-electron chi connectivity index (χ2n) is 8.41. The van der Waals surface area contributed by atoms with Crippen molar-refractivity contribution in [2.24, 2.45) is 5.92 Å². The van der Waals surface area contributed by atoms with E-state index in [4.69, 9.17) is 23.2 Å². The van der Waals surface area contributed by atoms with E-state index < -0.39 is 0 Å². The highest BCUT2D eigenvalue weighted by atomic mass is 35.5. The van der Waals surface area contributed by atoms with Gasteiger partial charge in [-0.25, -0.2) is 4.79 Å². The first-order chi connectivity index (χ1) is 15.1. The van der Waals surface area contributed by atoms with Crippen LogP contribution in [0.5, 0.6) is 0 Å². The number of hydrogen-bond donors (Lipinski definition) is 1. The third kappa shape index (κ3) is 6.32. The van der Waals surface area contributed by atoms with Gasteiger partial charge in [-0.1, -0.05) is 29.3 Å². The van der Waals surface area contributed by atoms with E-state index in [0.717, 1.165) is 58.1 Å². The average molecular weight is 462 g/mol. The summed E-state index contributed by atoms with van der Waals surface area (Å²) in [6.45, 7) is 7.58. The maximum absolute atomic E-state index is 12.6. The molecule has 2 saturated heterocycles. The average Bonchev–Trinajstić information content (AvgIpc) is 2.78. The minimum atomic E-state index is -0.0859. The molecule has 2 aromatic rings. The molecule has 1 aromatic heterocycles. The Hall–Kier alpha value is -1.86. The lowest BCUT2D eigenvalue weighted by molar-refractivity contribution is 0.0980. The van der Waals surface area contributed by atoms with E-state index in [1.54, 1.807) is 18.2 Å². The predicted octanol–water partition coefficient (Wildman–Crippen LogP) is 4.45. The van der Waals surface area contributed by atoms with Crippen LogP contribution in [-0.2, 0) is 6.54 Å². The molecule has 1 atom stereocenters. The predicted molar refractivity (Wildman–Crippen MR) is 126 cm³/mol. The van der Waals surface area contributed by atoms with Crippen molar-refractivity contribution in [3.8, 4) is 0 Å². The number of rotatable bonds is 5. The van der Waals surface area contributed by atoms with E-state index in [0.29, 0.717) is 21.7 Å². The largest absolute Gasteiger partial charge is 0.322 e. The molecule has 0 radical (unpaired) electrons. The molecular formula is C23H29Cl2N5O. The molecule has 1 N–H and O–H groups in total. The topological polar surface area (TPSA) is 51.7 Å². The highest BCUT2D eigenvalue weighted by molar-refractivity contribution is 6.42. The second-order valence-corrected chi connectivity index (χ2v) is 9.23. The number of likely N-dealkylation sites (tertiary alicyclic amines) is 1. The molecule has 4 rings (SSSR count). The number of hydrogen-bond acceptors (Lipinski definition) is 4. The quantitative estimate of drug-likeness (QED) is 0.714. The minimum absolute atomic E-state index is 0.0859. The van der Waals surface area contributed by atoms with E-state index in [1.165, 1.54) is 12.8 Å². The molecule has 166 valence electrons. The third-order valence-electron chi connectivity index (χ3n) is 6.06. The summed E-state index contributed by atoms with van der Waals surface area (Å²) in [5.41, 5.74) is 1.81. The van der Waals surface area contributed by atoms with Crippen molar-refractivity contribution in [2.45, 2.75) is 19.4 Å². The molecule has 0 unspecified atom stereocenters. The molecule has 3 heterocycles. The van der Waals surface area contributed by atoms with Crippen molar-refractivity contribution in [1.29, 1.82) is 0 Å². The van der Waals surface area contributed by atoms with Crippen LogP contribution in [0.25, 0.3) is 0 Å². The molecule has 2 amide bonds. The summed E-state index contributed by atoms with van der Waals surface area (Å²) in [4.78, 5) is 23.9. The summed E-state index contributed by atoms with van der Waals surface area (Å²) in [5.74, 6) is 0.675. The third-order valence-corrected chi connectivity index (χ3v) is 6.80. The lowest BCUT2D eigenvalue weighted by Crippen LogP contribution is -2.52. The lowest BCUT2D eigenvalue weighted by Gasteiger charge is -2.39. The molecule has 6 nitrogen and oxygen atoms in total. The minimum Gasteiger partial charge on any atom is -0.322 e. The second kappa shape index (κ2) is 10.6. The zero-order valence-corrected chi connectivity index (χ0v) is 19.2. The van der Waals surface area contributed by atoms with Gasteiger partial charge in [-0.15, -0.1) is 0 Å². The lowest BCUT2D eigenvalue weighted by atomic mass is 9.97. The van der Waals surface area contributed by atoms with Crippen LogP contribution in [-0.4, -0.2) is 71.5 Å². The number of urea groups is 1. The van der Waals surface area contributed by atoms with Gasteiger partial charge in [0.1, 0.15) is 0 Å². The molecule has 0 spiro atoms. The number of pyridine rings is 1. The molecule has 8 heteroatoms. The Bertz CT molecular complexity index is 874. The van der Waals surface area contributed by atoms with E-state index in [2.05, 4.69) is 32.2 Å². The van der Waals surface area contributed by atoms with Gasteiger partial charge in [-0.05, 0) is 55.6 Å². The number of carbonyl (C=O) groups is 1. The Kier molecular flexibility index (Phi) is 7.67. The molecule has 31 heavy (non-hydrogen) atoms. The summed E-state index contributed by atoms with van der Waals surface area (Å²) in [5, 5.41) is 3.84. The van der Waals surface area contributed by atoms with Crippen molar-refractivity contribution in [3.05, 3.63) is 58.3 Å². The number of aromatic nitrogens is 1. The van der Waals surface area contributed by atoms with Gasteiger partial charge in [0.25, 0.3) is 0 Å². The molecule has 2 aliphatic rings. The Balaban J connectivity index is 1.21. The van der Waals surface area contributed by atoms with Gasteiger partial charge in [0.05, 0.1) is 15.7 Å². The fourth-order valence-electron chi connectivity index (χ4n) is 4.44. The van der Waals surface area contributed by atoms with Crippen LogP contribution in [0.2, 0.25) is 10.0 Å². The maximum atomic E-state index is 12.6. The van der Waals surface area contributed by atoms with Gasteiger partial charge in [0.2, 0.25) is 0 Å². The van der Waals surface area contributed by atoms with Crippen LogP contribution in [0.4, 0.5) is 10.5 Å². The summed E-state index contributed by atoms with van der Waals surface area (Å²) >= 11 is 12.0. The fourth-order valence-corrected chi connectivity index (χ4v) is 4.74. The molecule has 1 aromatic carbocycles. The number of amides is 2. The number of carbonyl (C=O) groups excluding carboxylic acids is 1. The maximum Gasteiger partial charge on any atom is 0.321 e. The van der Waals surface area contributed by atoms with Gasteiger partial charge >= 0.3 is 6.03 Å². The van der Waals surface area contributed by atoms with Gasteiger partial charge < -0.3 is 10.2 Å². The van der Waals surface area contributed by atoms with E-state index in [9.17, 15) is 4.79 Å². The monoisotopic (exact) mass is 461 g/mol. The molecular weight excluding hydrogens is 433 g/mol. The first-order valence-corrected chi connectivity index (χ1v) is 11.7. The molecule has 2 fully saturated rings. The van der Waals surface area contributed by atoms with Crippen molar-refractivity contribution in [2.75, 3.05) is 51.1 Å². The number of piperazine rings is 1. The van der Waals surface area contributed by atoms with Crippen molar-refractivity contribution in [1.82, 2.24) is 19.7 Å². The highest BCUT2D eigenvalue weighted by Crippen LogP contribution is 2.25. The number of nitrogens with one attached hydrogen (secondary N) is 1. The summed E-state index contributed by atoms with van der Waals surface area (Å²) < 4.78 is 0. The van der Waals surface area contributed by atoms with E-state index >= 15 is 0 Å². The van der Waals surface area contributed by atoms with Gasteiger partial charge in [0, 0.05) is 57.7 Å². The normalized spacial score (nSPS) is 20.6. The van der Waals surface area contributed by atoms with Crippen molar-refractivity contribution < 1.29 is 4.79 Å². The molecule has 0 bridgehead atoms. The Morgan fingerprint density at radius 1 is 1.03 bits per heavy atom. The molecule has 0 saturated carbocycles. The highest BCUT2D eigenvalue weighted by Gasteiger charge is 2.26. The number of piperidine rings is 1. The van der Waals surface area contributed by atoms with Gasteiger partial charge in [-0.2, -0.15) is 0 Å². The first kappa shape index (κ1) is 22.3. The summed E-state index contributed by atoms with van der Waals surface area (Å²) in [7, 11) is 0. The van der Waals surface area contributed by atoms with Gasteiger partial charge in [-0.3, -0.25) is 14.8 Å². The van der Waals surface area contributed by atoms with Crippen LogP contribution >= 0.6 is 23.2 Å². The zero-order chi connectivity index (χ0) is 21.6. The standard InChI is InChI=1S/C23H29Cl2N5O/c24-21-7-6-19(14-22(21)25)27-23(31)30-12-10-28(11-13-30)15-18-4-3-9-29(16-18)17-20-5-1-2-8-26-20/h1-2,5-8,14,18H,3-4,9-13,15-17H2,(H,27,31)/t18-/m0/s1. The van der Waals surface area contributed by atoms with E-state index in [-0.39, 0.29) is 6.03 Å². The summed E-state index contributed by atoms with van der Waals surface area (Å²) in [6.07, 6.45) is 4.38. The smallest absolute Gasteiger partial charge is 0.321 e. The summed E-state index contributed by atoms with van der Waals surface area (Å²) in [6, 6.07) is 11.2. The number of halogens is 2. The van der Waals surface area contributed by atoms with Crippen molar-refractivity contribution in [3.63, 3.8) is 0 Å². The Morgan fingerprint density at radius 3 is 2.61 bits per heavy atom. The first-order valence-electron chi connectivity index (χ1n) is 10.9. The number of anilines is 1. The molecule has 2 aliphatic heterocycles. The fraction of sp³-hybridized carbons (Fsp3) is 0.478. The van der Waals surface area contributed by atoms with Crippen LogP contribution < -0.4 is 5.32 Å². The van der Waals surface area contributed by atoms with E-state index in [1.807, 2.05) is 17.2 Å².